The smallest absolute Gasteiger partial charge is 0.341 e. The molecule has 35 nitrogen and oxygen atoms in total. The molecule has 8 N–H and O–H groups in total. The molecule has 55 heavy (non-hydrogen) atoms. The lowest BCUT2D eigenvalue weighted by molar-refractivity contribution is -0.341. The van der Waals surface area contributed by atoms with Crippen molar-refractivity contribution in [1.82, 2.24) is 0 Å². The van der Waals surface area contributed by atoms with E-state index < -0.39 is 158 Å². The Kier molecular flexibility index (Phi) is 16.0. The van der Waals surface area contributed by atoms with Crippen LogP contribution in [0.1, 0.15) is 0 Å². The van der Waals surface area contributed by atoms with Crippen molar-refractivity contribution in [2.45, 2.75) is 61.4 Å². The molecule has 0 spiro atoms. The molecule has 0 aromatic rings. The third-order valence-electron chi connectivity index (χ3n) is 5.62. The van der Waals surface area contributed by atoms with Crippen LogP contribution < -0.4 is 0 Å². The molecule has 2 unspecified atom stereocenters. The van der Waals surface area contributed by atoms with Gasteiger partial charge in [0.25, 0.3) is 0 Å². The molecule has 10 atom stereocenters. The molecule has 43 heteroatoms. The average molecular weight is 983 g/mol. The number of hydrogen-bond donors (Lipinski definition) is 8. The predicted octanol–water partition coefficient (Wildman–Crippen LogP) is -6.78. The molecule has 0 amide bonds. The molecule has 328 valence electrons. The standard InChI is InChI=1S/C12H22O35S8/c13-48(14,15)37-1-3-5(7(43-51(22,23)24)10(46-54(31,32)33)12(40-3)47-55(34,35)36)41-11-9(45-53(28,29)30)8(44-52(25,26)27)6(42-50(19,20)21)4(39-11)2-38-49(16,17)18/h3-12H,1-2H2,(H,13,14,15)(H,16,17,18)(H,19,20,21)(H,22,23,24)(H,25,26,27)(H,28,29,30)(H,31,32,33)(H,34,35,36)/t3-,4-,5-,6+,7?,8+,9-,10-,11+,12?/m1/s1. The average Bonchev–Trinajstić information content (AvgIpc) is 2.88. The third kappa shape index (κ3) is 19.0. The van der Waals surface area contributed by atoms with Gasteiger partial charge in [0.15, 0.2) is 18.5 Å². The van der Waals surface area contributed by atoms with Crippen molar-refractivity contribution in [2.75, 3.05) is 13.2 Å². The van der Waals surface area contributed by atoms with Crippen LogP contribution in [0, 0.1) is 0 Å². The highest BCUT2D eigenvalue weighted by atomic mass is 32.3. The first-order valence-corrected chi connectivity index (χ1v) is 23.3. The van der Waals surface area contributed by atoms with E-state index in [9.17, 15) is 90.1 Å². The number of hydrogen-bond acceptors (Lipinski definition) is 27. The first kappa shape index (κ1) is 50.0. The fourth-order valence-electron chi connectivity index (χ4n) is 4.20. The van der Waals surface area contributed by atoms with Gasteiger partial charge in [0.05, 0.1) is 13.2 Å². The van der Waals surface area contributed by atoms with E-state index in [-0.39, 0.29) is 0 Å². The summed E-state index contributed by atoms with van der Waals surface area (Å²) in [6.45, 7) is -3.87. The monoisotopic (exact) mass is 982 g/mol. The fourth-order valence-corrected chi connectivity index (χ4v) is 7.68. The van der Waals surface area contributed by atoms with Crippen LogP contribution in [0.5, 0.6) is 0 Å². The van der Waals surface area contributed by atoms with Gasteiger partial charge in [-0.2, -0.15) is 67.3 Å². The Morgan fingerprint density at radius 1 is 0.327 bits per heavy atom. The van der Waals surface area contributed by atoms with Crippen molar-refractivity contribution in [1.29, 1.82) is 0 Å². The van der Waals surface area contributed by atoms with Crippen molar-refractivity contribution >= 4 is 83.2 Å². The zero-order chi connectivity index (χ0) is 43.0. The minimum absolute atomic E-state index is 1.93. The molecule has 2 saturated heterocycles. The quantitative estimate of drug-likeness (QED) is 0.0526. The minimum Gasteiger partial charge on any atom is -0.341 e. The zero-order valence-electron chi connectivity index (χ0n) is 25.1. The van der Waals surface area contributed by atoms with Crippen LogP contribution in [0.15, 0.2) is 0 Å². The van der Waals surface area contributed by atoms with Gasteiger partial charge in [-0.25, -0.2) is 33.5 Å². The Hall–Kier alpha value is -1.16. The Bertz CT molecular complexity index is 2260. The van der Waals surface area contributed by atoms with E-state index in [1.165, 1.54) is 0 Å². The van der Waals surface area contributed by atoms with Crippen molar-refractivity contribution < 1.29 is 151 Å². The lowest BCUT2D eigenvalue weighted by atomic mass is 9.97. The molecule has 0 bridgehead atoms. The van der Waals surface area contributed by atoms with Gasteiger partial charge in [0.2, 0.25) is 6.29 Å². The normalized spacial score (nSPS) is 30.9. The van der Waals surface area contributed by atoms with E-state index in [1.54, 1.807) is 0 Å². The predicted molar refractivity (Wildman–Crippen MR) is 152 cm³/mol. The molecule has 2 rings (SSSR count). The van der Waals surface area contributed by atoms with Crippen LogP contribution in [-0.2, 0) is 131 Å². The second-order valence-corrected chi connectivity index (χ2v) is 18.0. The van der Waals surface area contributed by atoms with Crippen molar-refractivity contribution in [2.24, 2.45) is 0 Å². The lowest BCUT2D eigenvalue weighted by Gasteiger charge is -2.47. The summed E-state index contributed by atoms with van der Waals surface area (Å²) in [5.74, 6) is 0. The lowest BCUT2D eigenvalue weighted by Crippen LogP contribution is -2.67. The summed E-state index contributed by atoms with van der Waals surface area (Å²) in [6.07, 6.45) is -32.1. The molecule has 0 aliphatic carbocycles. The Morgan fingerprint density at radius 2 is 0.600 bits per heavy atom. The second-order valence-electron chi connectivity index (χ2n) is 9.58. The highest BCUT2D eigenvalue weighted by molar-refractivity contribution is 7.82. The summed E-state index contributed by atoms with van der Waals surface area (Å²) < 4.78 is 306. The Balaban J connectivity index is 3.02. The third-order valence-corrected chi connectivity index (χ3v) is 9.24. The maximum atomic E-state index is 11.8. The highest BCUT2D eigenvalue weighted by Crippen LogP contribution is 2.37. The van der Waals surface area contributed by atoms with Gasteiger partial charge >= 0.3 is 83.2 Å². The fraction of sp³-hybridized carbons (Fsp3) is 1.00. The number of rotatable bonds is 20. The molecule has 2 aliphatic heterocycles. The molecular weight excluding hydrogens is 961 g/mol. The van der Waals surface area contributed by atoms with Crippen LogP contribution in [0.4, 0.5) is 0 Å². The summed E-state index contributed by atoms with van der Waals surface area (Å²) >= 11 is 0. The van der Waals surface area contributed by atoms with Crippen LogP contribution in [0.25, 0.3) is 0 Å². The zero-order valence-corrected chi connectivity index (χ0v) is 31.6. The molecule has 2 aliphatic rings. The van der Waals surface area contributed by atoms with Crippen LogP contribution in [0.3, 0.4) is 0 Å². The Labute approximate surface area is 308 Å². The maximum absolute atomic E-state index is 11.8. The minimum atomic E-state index is -6.20. The van der Waals surface area contributed by atoms with Crippen molar-refractivity contribution in [3.63, 3.8) is 0 Å². The van der Waals surface area contributed by atoms with E-state index in [4.69, 9.17) is 27.9 Å². The van der Waals surface area contributed by atoms with Crippen molar-refractivity contribution in [3.05, 3.63) is 0 Å². The molecule has 2 fully saturated rings. The number of ether oxygens (including phenoxy) is 3. The summed E-state index contributed by atoms with van der Waals surface area (Å²) in [4.78, 5) is 0. The molecule has 0 radical (unpaired) electrons. The van der Waals surface area contributed by atoms with Gasteiger partial charge in [-0.05, 0) is 0 Å². The SMILES string of the molecule is O=S(=O)(O)OC[C@H]1O[C@@H](O[C@H]2C(OS(=O)(=O)O)[C@@H](OS(=O)(=O)O)C(OS(=O)(=O)O)O[C@@H]2COS(=O)(=O)O)[C@H](OS(=O)(=O)O)[C@@H](OS(=O)(=O)O)[C@H]1OS(=O)(=O)O. The van der Waals surface area contributed by atoms with E-state index in [1.807, 2.05) is 0 Å². The first-order valence-electron chi connectivity index (χ1n) is 12.3. The van der Waals surface area contributed by atoms with Gasteiger partial charge < -0.3 is 14.2 Å². The van der Waals surface area contributed by atoms with Gasteiger partial charge in [-0.1, -0.05) is 0 Å². The van der Waals surface area contributed by atoms with Crippen LogP contribution >= 0.6 is 0 Å². The maximum Gasteiger partial charge on any atom is 0.399 e. The van der Waals surface area contributed by atoms with Gasteiger partial charge in [-0.3, -0.25) is 36.4 Å². The largest absolute Gasteiger partial charge is 0.399 e. The molecular formula is C12H22O35S8. The van der Waals surface area contributed by atoms with E-state index in [0.29, 0.717) is 0 Å². The summed E-state index contributed by atoms with van der Waals surface area (Å²) in [5, 5.41) is 0. The molecule has 2 heterocycles. The first-order chi connectivity index (χ1) is 24.2. The summed E-state index contributed by atoms with van der Waals surface area (Å²) in [7, 11) is -48.2. The molecule has 0 aromatic carbocycles. The molecule has 0 aromatic heterocycles. The van der Waals surface area contributed by atoms with Gasteiger partial charge in [0.1, 0.15) is 36.6 Å². The van der Waals surface area contributed by atoms with Crippen LogP contribution in [0.2, 0.25) is 0 Å². The van der Waals surface area contributed by atoms with E-state index >= 15 is 0 Å². The molecule has 0 saturated carbocycles. The van der Waals surface area contributed by atoms with Crippen LogP contribution in [-0.4, -0.2) is 178 Å². The second kappa shape index (κ2) is 17.6. The summed E-state index contributed by atoms with van der Waals surface area (Å²) in [5.41, 5.74) is 0. The van der Waals surface area contributed by atoms with Gasteiger partial charge in [0, 0.05) is 0 Å². The topological polar surface area (TPSA) is 536 Å². The van der Waals surface area contributed by atoms with E-state index in [0.717, 1.165) is 0 Å². The highest BCUT2D eigenvalue weighted by Gasteiger charge is 2.59. The van der Waals surface area contributed by atoms with Gasteiger partial charge in [-0.15, -0.1) is 0 Å². The van der Waals surface area contributed by atoms with Crippen molar-refractivity contribution in [3.8, 4) is 0 Å². The summed E-state index contributed by atoms with van der Waals surface area (Å²) in [6, 6.07) is 0. The Morgan fingerprint density at radius 3 is 0.945 bits per heavy atom. The van der Waals surface area contributed by atoms with E-state index in [2.05, 4.69) is 33.5 Å².